The van der Waals surface area contributed by atoms with Crippen molar-refractivity contribution in [1.82, 2.24) is 20.0 Å². The highest BCUT2D eigenvalue weighted by molar-refractivity contribution is 6.00. The summed E-state index contributed by atoms with van der Waals surface area (Å²) >= 11 is 0. The molecule has 8 nitrogen and oxygen atoms in total. The molecule has 3 amide bonds. The third kappa shape index (κ3) is 4.39. The fourth-order valence-corrected chi connectivity index (χ4v) is 5.35. The van der Waals surface area contributed by atoms with Gasteiger partial charge in [-0.05, 0) is 42.7 Å². The van der Waals surface area contributed by atoms with Crippen molar-refractivity contribution in [2.45, 2.75) is 32.3 Å². The lowest BCUT2D eigenvalue weighted by Crippen LogP contribution is -2.66. The van der Waals surface area contributed by atoms with Gasteiger partial charge in [-0.1, -0.05) is 49.4 Å². The topological polar surface area (TPSA) is 68.4 Å². The van der Waals surface area contributed by atoms with Crippen molar-refractivity contribution in [2.75, 3.05) is 38.2 Å². The molecule has 8 heteroatoms. The van der Waals surface area contributed by atoms with E-state index in [1.54, 1.807) is 11.9 Å². The van der Waals surface area contributed by atoms with Crippen molar-refractivity contribution in [2.24, 2.45) is 5.92 Å². The quantitative estimate of drug-likeness (QED) is 0.693. The monoisotopic (exact) mass is 475 g/mol. The molecule has 0 aromatic heterocycles. The second kappa shape index (κ2) is 9.71. The predicted molar refractivity (Wildman–Crippen MR) is 136 cm³/mol. The molecule has 0 aliphatic carbocycles. The van der Waals surface area contributed by atoms with E-state index < -0.39 is 6.04 Å². The van der Waals surface area contributed by atoms with Gasteiger partial charge in [0.05, 0.1) is 6.61 Å². The molecule has 0 bridgehead atoms. The van der Waals surface area contributed by atoms with Gasteiger partial charge in [0, 0.05) is 32.4 Å². The predicted octanol–water partition coefficient (Wildman–Crippen LogP) is 3.03. The van der Waals surface area contributed by atoms with Gasteiger partial charge in [-0.15, -0.1) is 0 Å². The molecule has 1 N–H and O–H groups in total. The Labute approximate surface area is 206 Å². The third-order valence-electron chi connectivity index (χ3n) is 6.96. The Balaban J connectivity index is 1.37. The summed E-state index contributed by atoms with van der Waals surface area (Å²) in [4.78, 5) is 34.3. The van der Waals surface area contributed by atoms with E-state index in [0.717, 1.165) is 30.1 Å². The second-order valence-corrected chi connectivity index (χ2v) is 9.47. The first kappa shape index (κ1) is 23.4. The molecular formula is C27H33N5O3. The normalized spacial score (nSPS) is 26.9. The van der Waals surface area contributed by atoms with Crippen LogP contribution in [0, 0.1) is 5.92 Å². The van der Waals surface area contributed by atoms with Gasteiger partial charge in [0.15, 0.2) is 0 Å². The fourth-order valence-electron chi connectivity index (χ4n) is 5.35. The van der Waals surface area contributed by atoms with Gasteiger partial charge in [-0.3, -0.25) is 19.9 Å². The van der Waals surface area contributed by atoms with Gasteiger partial charge in [0.2, 0.25) is 0 Å². The number of amides is 3. The molecule has 3 fully saturated rings. The summed E-state index contributed by atoms with van der Waals surface area (Å²) in [5, 5.41) is 3.58. The van der Waals surface area contributed by atoms with Crippen molar-refractivity contribution in [1.29, 1.82) is 0 Å². The third-order valence-corrected chi connectivity index (χ3v) is 6.96. The van der Waals surface area contributed by atoms with Gasteiger partial charge in [0.1, 0.15) is 24.2 Å². The molecule has 5 rings (SSSR count). The van der Waals surface area contributed by atoms with Crippen LogP contribution in [0.5, 0.6) is 5.75 Å². The summed E-state index contributed by atoms with van der Waals surface area (Å²) in [5.74, 6) is 1.05. The maximum atomic E-state index is 13.7. The van der Waals surface area contributed by atoms with Crippen LogP contribution in [0.15, 0.2) is 60.7 Å². The van der Waals surface area contributed by atoms with Crippen LogP contribution in [-0.2, 0) is 4.79 Å². The number of carbonyl (C=O) groups is 2. The van der Waals surface area contributed by atoms with E-state index >= 15 is 0 Å². The zero-order valence-corrected chi connectivity index (χ0v) is 20.5. The average Bonchev–Trinajstić information content (AvgIpc) is 3.25. The van der Waals surface area contributed by atoms with E-state index in [9.17, 15) is 9.59 Å². The summed E-state index contributed by atoms with van der Waals surface area (Å²) in [7, 11) is 1.77. The minimum Gasteiger partial charge on any atom is -0.494 e. The number of nitrogens with zero attached hydrogens (tertiary/aromatic N) is 4. The van der Waals surface area contributed by atoms with Gasteiger partial charge >= 0.3 is 6.03 Å². The van der Waals surface area contributed by atoms with Crippen molar-refractivity contribution < 1.29 is 14.3 Å². The van der Waals surface area contributed by atoms with E-state index in [0.29, 0.717) is 12.5 Å². The molecule has 3 aliphatic heterocycles. The van der Waals surface area contributed by atoms with E-state index in [-0.39, 0.29) is 30.9 Å². The van der Waals surface area contributed by atoms with Gasteiger partial charge in [-0.2, -0.15) is 0 Å². The zero-order chi connectivity index (χ0) is 24.5. The second-order valence-electron chi connectivity index (χ2n) is 9.47. The van der Waals surface area contributed by atoms with Crippen LogP contribution in [-0.4, -0.2) is 78.4 Å². The summed E-state index contributed by atoms with van der Waals surface area (Å²) in [6, 6.07) is 17.2. The minimum atomic E-state index is -0.430. The van der Waals surface area contributed by atoms with E-state index in [4.69, 9.17) is 4.74 Å². The lowest BCUT2D eigenvalue weighted by Gasteiger charge is -2.46. The largest absolute Gasteiger partial charge is 0.494 e. The van der Waals surface area contributed by atoms with Crippen LogP contribution in [0.1, 0.15) is 19.4 Å². The SMILES string of the molecule is CCOc1ccc(N2CC(C)CN3C4C(=O)N(C/C=C/c5ccccc5)C(=O)N(C)C4NC23)cc1. The number of urea groups is 1. The number of benzene rings is 2. The fraction of sp³-hybridized carbons (Fsp3) is 0.407. The lowest BCUT2D eigenvalue weighted by atomic mass is 10.0. The van der Waals surface area contributed by atoms with Crippen LogP contribution in [0.4, 0.5) is 10.5 Å². The Kier molecular flexibility index (Phi) is 6.49. The number of carbonyl (C=O) groups excluding carboxylic acids is 2. The molecule has 3 saturated heterocycles. The molecule has 2 aromatic carbocycles. The molecule has 0 saturated carbocycles. The highest BCUT2D eigenvalue weighted by Gasteiger charge is 2.56. The number of fused-ring (bicyclic) bond motifs is 3. The number of imide groups is 1. The first-order valence-electron chi connectivity index (χ1n) is 12.3. The number of anilines is 1. The number of nitrogens with one attached hydrogen (secondary N) is 1. The Morgan fingerprint density at radius 2 is 1.80 bits per heavy atom. The summed E-state index contributed by atoms with van der Waals surface area (Å²) in [6.45, 7) is 6.69. The number of ether oxygens (including phenoxy) is 1. The standard InChI is InChI=1S/C27H33N5O3/c1-4-35-22-14-12-21(13-15-22)31-17-19(2)18-32-23-24(28-26(31)32)29(3)27(34)30(25(23)33)16-8-11-20-9-6-5-7-10-20/h5-15,19,23-24,26,28H,4,16-18H2,1-3H3/b11-8+. The highest BCUT2D eigenvalue weighted by atomic mass is 16.5. The molecule has 2 aromatic rings. The molecule has 4 atom stereocenters. The summed E-state index contributed by atoms with van der Waals surface area (Å²) < 4.78 is 5.60. The number of hydrogen-bond acceptors (Lipinski definition) is 6. The van der Waals surface area contributed by atoms with Crippen LogP contribution in [0.25, 0.3) is 6.08 Å². The molecule has 0 spiro atoms. The van der Waals surface area contributed by atoms with Crippen molar-refractivity contribution in [3.05, 3.63) is 66.2 Å². The van der Waals surface area contributed by atoms with Crippen molar-refractivity contribution >= 4 is 23.7 Å². The highest BCUT2D eigenvalue weighted by Crippen LogP contribution is 2.35. The van der Waals surface area contributed by atoms with E-state index in [1.807, 2.05) is 61.5 Å². The number of likely N-dealkylation sites (N-methyl/N-ethyl adjacent to an activating group) is 1. The summed E-state index contributed by atoms with van der Waals surface area (Å²) in [5.41, 5.74) is 2.10. The molecule has 35 heavy (non-hydrogen) atoms. The minimum absolute atomic E-state index is 0.147. The molecule has 3 heterocycles. The van der Waals surface area contributed by atoms with Crippen molar-refractivity contribution in [3.63, 3.8) is 0 Å². The Morgan fingerprint density at radius 3 is 2.51 bits per heavy atom. The van der Waals surface area contributed by atoms with Gasteiger partial charge in [-0.25, -0.2) is 4.79 Å². The number of rotatable bonds is 6. The zero-order valence-electron chi connectivity index (χ0n) is 20.5. The first-order chi connectivity index (χ1) is 17.0. The molecule has 184 valence electrons. The molecule has 4 unspecified atom stereocenters. The maximum absolute atomic E-state index is 13.7. The van der Waals surface area contributed by atoms with E-state index in [1.165, 1.54) is 4.90 Å². The first-order valence-corrected chi connectivity index (χ1v) is 12.3. The Morgan fingerprint density at radius 1 is 1.06 bits per heavy atom. The number of hydrogen-bond donors (Lipinski definition) is 1. The van der Waals surface area contributed by atoms with Crippen LogP contribution in [0.3, 0.4) is 0 Å². The average molecular weight is 476 g/mol. The van der Waals surface area contributed by atoms with Crippen LogP contribution < -0.4 is 15.0 Å². The Bertz CT molecular complexity index is 1090. The maximum Gasteiger partial charge on any atom is 0.328 e. The van der Waals surface area contributed by atoms with Gasteiger partial charge < -0.3 is 14.5 Å². The molecule has 3 aliphatic rings. The Hall–Kier alpha value is -3.36. The van der Waals surface area contributed by atoms with Crippen molar-refractivity contribution in [3.8, 4) is 5.75 Å². The smallest absolute Gasteiger partial charge is 0.328 e. The van der Waals surface area contributed by atoms with Crippen LogP contribution >= 0.6 is 0 Å². The lowest BCUT2D eigenvalue weighted by molar-refractivity contribution is -0.138. The van der Waals surface area contributed by atoms with E-state index in [2.05, 4.69) is 34.2 Å². The molecular weight excluding hydrogens is 442 g/mol. The van der Waals surface area contributed by atoms with Crippen LogP contribution in [0.2, 0.25) is 0 Å². The molecule has 0 radical (unpaired) electrons. The summed E-state index contributed by atoms with van der Waals surface area (Å²) in [6.07, 6.45) is 3.28. The van der Waals surface area contributed by atoms with Gasteiger partial charge in [0.25, 0.3) is 5.91 Å².